The molecule has 0 aliphatic carbocycles. The molecule has 6 rings (SSSR count). The molecular formula is C27H21NO. The van der Waals surface area contributed by atoms with Gasteiger partial charge in [-0.3, -0.25) is 0 Å². The third-order valence-electron chi connectivity index (χ3n) is 5.51. The van der Waals surface area contributed by atoms with E-state index in [1.807, 2.05) is 12.1 Å². The van der Waals surface area contributed by atoms with E-state index in [1.54, 1.807) is 19.2 Å². The lowest BCUT2D eigenvalue weighted by molar-refractivity contribution is 0.415. The number of hydrogen-bond acceptors (Lipinski definition) is 2. The lowest BCUT2D eigenvalue weighted by Gasteiger charge is -2.13. The number of benzene rings is 6. The number of methoxy groups -OCH3 is 1. The van der Waals surface area contributed by atoms with Crippen LogP contribution in [0.5, 0.6) is 5.75 Å². The summed E-state index contributed by atoms with van der Waals surface area (Å²) in [7, 11) is 1.63. The van der Waals surface area contributed by atoms with E-state index in [9.17, 15) is 0 Å². The molecule has 0 spiro atoms. The quantitative estimate of drug-likeness (QED) is 0.190. The van der Waals surface area contributed by atoms with Crippen LogP contribution in [0.3, 0.4) is 0 Å². The zero-order chi connectivity index (χ0) is 19.8. The monoisotopic (exact) mass is 375 g/mol. The Hall–Kier alpha value is -3.78. The van der Waals surface area contributed by atoms with Gasteiger partial charge in [-0.25, -0.2) is 0 Å². The van der Waals surface area contributed by atoms with E-state index in [1.165, 1.54) is 43.1 Å². The Kier molecular flexibility index (Phi) is 4.18. The van der Waals surface area contributed by atoms with Crippen molar-refractivity contribution in [2.45, 2.75) is 0 Å². The molecule has 0 aromatic heterocycles. The highest BCUT2D eigenvalue weighted by atomic mass is 16.5. The number of hydrogen-bond donors (Lipinski definition) is 1. The molecule has 0 bridgehead atoms. The molecule has 0 aliphatic rings. The van der Waals surface area contributed by atoms with Gasteiger partial charge >= 0.3 is 0 Å². The smallest absolute Gasteiger partial charge is 0.119 e. The zero-order valence-electron chi connectivity index (χ0n) is 16.2. The van der Waals surface area contributed by atoms with Crippen molar-refractivity contribution in [2.75, 3.05) is 12.8 Å². The van der Waals surface area contributed by atoms with Gasteiger partial charge in [0.05, 0.1) is 7.11 Å². The van der Waals surface area contributed by atoms with Crippen LogP contribution in [0.4, 0.5) is 5.69 Å². The molecule has 0 unspecified atom stereocenters. The maximum Gasteiger partial charge on any atom is 0.119 e. The number of nitrogens with two attached hydrogens (primary N) is 1. The van der Waals surface area contributed by atoms with Gasteiger partial charge in [-0.1, -0.05) is 72.8 Å². The van der Waals surface area contributed by atoms with Gasteiger partial charge in [-0.15, -0.1) is 0 Å². The molecule has 0 saturated heterocycles. The summed E-state index contributed by atoms with van der Waals surface area (Å²) in [6.07, 6.45) is 0. The molecule has 0 aliphatic heterocycles. The fraction of sp³-hybridized carbons (Fsp3) is 0.0370. The molecule has 2 nitrogen and oxygen atoms in total. The first-order chi connectivity index (χ1) is 14.3. The van der Waals surface area contributed by atoms with Crippen LogP contribution in [0.15, 0.2) is 97.1 Å². The second-order valence-corrected chi connectivity index (χ2v) is 7.19. The van der Waals surface area contributed by atoms with E-state index in [4.69, 9.17) is 10.5 Å². The third kappa shape index (κ3) is 2.90. The third-order valence-corrected chi connectivity index (χ3v) is 5.51. The average Bonchev–Trinajstić information content (AvgIpc) is 2.78. The molecule has 6 aromatic rings. The molecule has 0 saturated carbocycles. The highest BCUT2D eigenvalue weighted by molar-refractivity contribution is 6.32. The molecule has 0 fully saturated rings. The fourth-order valence-corrected chi connectivity index (χ4v) is 4.18. The van der Waals surface area contributed by atoms with Gasteiger partial charge < -0.3 is 10.5 Å². The van der Waals surface area contributed by atoms with Crippen LogP contribution in [0, 0.1) is 0 Å². The van der Waals surface area contributed by atoms with Crippen LogP contribution in [-0.4, -0.2) is 7.11 Å². The van der Waals surface area contributed by atoms with Gasteiger partial charge in [0.1, 0.15) is 5.75 Å². The Morgan fingerprint density at radius 3 is 1.24 bits per heavy atom. The highest BCUT2D eigenvalue weighted by Crippen LogP contribution is 2.39. The summed E-state index contributed by atoms with van der Waals surface area (Å²) in [5, 5.41) is 10.9. The Bertz CT molecular complexity index is 1260. The number of ether oxygens (including phenoxy) is 1. The topological polar surface area (TPSA) is 35.2 Å². The average molecular weight is 375 g/mol. The summed E-state index contributed by atoms with van der Waals surface area (Å²) in [6, 6.07) is 33.7. The molecule has 2 N–H and O–H groups in total. The van der Waals surface area contributed by atoms with Crippen LogP contribution < -0.4 is 10.5 Å². The van der Waals surface area contributed by atoms with Crippen molar-refractivity contribution in [3.8, 4) is 5.75 Å². The minimum Gasteiger partial charge on any atom is -0.497 e. The van der Waals surface area contributed by atoms with Crippen LogP contribution in [0.25, 0.3) is 43.1 Å². The van der Waals surface area contributed by atoms with E-state index >= 15 is 0 Å². The predicted octanol–water partition coefficient (Wildman–Crippen LogP) is 7.01. The summed E-state index contributed by atoms with van der Waals surface area (Å²) in [5.41, 5.74) is 6.19. The van der Waals surface area contributed by atoms with Crippen LogP contribution >= 0.6 is 0 Å². The van der Waals surface area contributed by atoms with Crippen molar-refractivity contribution in [3.63, 3.8) is 0 Å². The second kappa shape index (κ2) is 6.99. The predicted molar refractivity (Wildman–Crippen MR) is 125 cm³/mol. The first-order valence-electron chi connectivity index (χ1n) is 9.70. The summed E-state index contributed by atoms with van der Waals surface area (Å²) < 4.78 is 4.91. The minimum absolute atomic E-state index is 0.760. The van der Waals surface area contributed by atoms with Crippen molar-refractivity contribution >= 4 is 48.8 Å². The van der Waals surface area contributed by atoms with E-state index in [0.717, 1.165) is 11.4 Å². The molecule has 29 heavy (non-hydrogen) atoms. The number of anilines is 1. The largest absolute Gasteiger partial charge is 0.497 e. The molecular weight excluding hydrogens is 354 g/mol. The fourth-order valence-electron chi connectivity index (χ4n) is 4.18. The summed E-state index contributed by atoms with van der Waals surface area (Å²) >= 11 is 0. The Balaban J connectivity index is 0.000000171. The van der Waals surface area contributed by atoms with E-state index in [2.05, 4.69) is 72.8 Å². The maximum atomic E-state index is 5.43. The summed E-state index contributed by atoms with van der Waals surface area (Å²) in [6.45, 7) is 0. The number of fused-ring (bicyclic) bond motifs is 2. The van der Waals surface area contributed by atoms with Gasteiger partial charge in [0.2, 0.25) is 0 Å². The minimum atomic E-state index is 0.760. The molecule has 0 amide bonds. The van der Waals surface area contributed by atoms with Crippen molar-refractivity contribution in [3.05, 3.63) is 97.1 Å². The maximum absolute atomic E-state index is 5.43. The molecule has 0 heterocycles. The van der Waals surface area contributed by atoms with Crippen molar-refractivity contribution in [1.29, 1.82) is 0 Å². The van der Waals surface area contributed by atoms with Gasteiger partial charge in [0, 0.05) is 5.69 Å². The van der Waals surface area contributed by atoms with Crippen LogP contribution in [-0.2, 0) is 0 Å². The van der Waals surface area contributed by atoms with Gasteiger partial charge in [-0.2, -0.15) is 0 Å². The standard InChI is InChI=1S/C20H12.C7H9NO/c1-5-13-6-2-11-17-18-12-4-8-14-7-3-10-16(20(14)18)15(9-1)19(13)17;1-9-7-4-2-6(8)3-5-7/h1-12H;2-5H,8H2,1H3. The van der Waals surface area contributed by atoms with Gasteiger partial charge in [0.15, 0.2) is 0 Å². The Morgan fingerprint density at radius 1 is 0.517 bits per heavy atom. The lowest BCUT2D eigenvalue weighted by Crippen LogP contribution is -1.85. The SMILES string of the molecule is COc1ccc(N)cc1.c1cc2cccc3c4cccc5cccc(c(c1)c23)c54. The summed E-state index contributed by atoms with van der Waals surface area (Å²) in [4.78, 5) is 0. The lowest BCUT2D eigenvalue weighted by atomic mass is 9.90. The van der Waals surface area contributed by atoms with Crippen LogP contribution in [0.1, 0.15) is 0 Å². The van der Waals surface area contributed by atoms with Gasteiger partial charge in [-0.05, 0) is 67.4 Å². The van der Waals surface area contributed by atoms with Crippen LogP contribution in [0.2, 0.25) is 0 Å². The normalized spacial score (nSPS) is 11.1. The van der Waals surface area contributed by atoms with Crippen molar-refractivity contribution in [2.24, 2.45) is 0 Å². The highest BCUT2D eigenvalue weighted by Gasteiger charge is 2.11. The Morgan fingerprint density at radius 2 is 0.897 bits per heavy atom. The van der Waals surface area contributed by atoms with Gasteiger partial charge in [0.25, 0.3) is 0 Å². The molecule has 6 aromatic carbocycles. The van der Waals surface area contributed by atoms with Crippen molar-refractivity contribution < 1.29 is 4.74 Å². The first kappa shape index (κ1) is 17.3. The van der Waals surface area contributed by atoms with E-state index < -0.39 is 0 Å². The summed E-state index contributed by atoms with van der Waals surface area (Å²) in [5.74, 6) is 0.837. The first-order valence-corrected chi connectivity index (χ1v) is 9.70. The molecule has 0 atom stereocenters. The molecule has 2 heteroatoms. The van der Waals surface area contributed by atoms with E-state index in [-0.39, 0.29) is 0 Å². The van der Waals surface area contributed by atoms with Crippen molar-refractivity contribution in [1.82, 2.24) is 0 Å². The number of rotatable bonds is 1. The molecule has 140 valence electrons. The molecule has 0 radical (unpaired) electrons. The van der Waals surface area contributed by atoms with E-state index in [0.29, 0.717) is 0 Å². The Labute approximate surface area is 169 Å². The zero-order valence-corrected chi connectivity index (χ0v) is 16.2. The number of nitrogen functional groups attached to an aromatic ring is 1. The second-order valence-electron chi connectivity index (χ2n) is 7.19.